The average Bonchev–Trinajstić information content (AvgIpc) is 2.83. The summed E-state index contributed by atoms with van der Waals surface area (Å²) < 4.78 is 0. The number of hydrazine groups is 1. The zero-order valence-electron chi connectivity index (χ0n) is 20.9. The van der Waals surface area contributed by atoms with Gasteiger partial charge in [-0.1, -0.05) is 75.1 Å². The monoisotopic (exact) mass is 478 g/mol. The fourth-order valence-corrected chi connectivity index (χ4v) is 4.75. The number of aliphatic hydroxyl groups excluding tert-OH is 1. The van der Waals surface area contributed by atoms with E-state index in [1.165, 1.54) is 11.1 Å². The number of piperazine rings is 1. The molecule has 188 valence electrons. The highest BCUT2D eigenvalue weighted by atomic mass is 16.4. The van der Waals surface area contributed by atoms with Crippen LogP contribution in [-0.2, 0) is 0 Å². The average molecular weight is 479 g/mol. The molecule has 3 rings (SSSR count). The quantitative estimate of drug-likeness (QED) is 0.211. The van der Waals surface area contributed by atoms with Gasteiger partial charge in [-0.05, 0) is 28.7 Å². The molecule has 0 radical (unpaired) electrons. The highest BCUT2D eigenvalue weighted by Gasteiger charge is 2.36. The Balaban J connectivity index is 1.80. The Morgan fingerprint density at radius 3 is 2.43 bits per heavy atom. The minimum absolute atomic E-state index is 0.00336. The third-order valence-electron chi connectivity index (χ3n) is 6.69. The smallest absolute Gasteiger partial charge is 0.421 e. The Labute approximate surface area is 208 Å². The first kappa shape index (κ1) is 26.7. The molecule has 7 heteroatoms. The molecule has 1 heterocycles. The number of carbonyl (C=O) groups is 1. The molecule has 0 aliphatic carbocycles. The lowest BCUT2D eigenvalue weighted by Crippen LogP contribution is -2.57. The first-order valence-corrected chi connectivity index (χ1v) is 12.2. The third kappa shape index (κ3) is 7.30. The lowest BCUT2D eigenvalue weighted by atomic mass is 9.76. The molecule has 5 N–H and O–H groups in total. The van der Waals surface area contributed by atoms with Gasteiger partial charge in [0.1, 0.15) is 0 Å². The molecule has 1 saturated heterocycles. The van der Waals surface area contributed by atoms with Gasteiger partial charge in [-0.25, -0.2) is 15.6 Å². The largest absolute Gasteiger partial charge is 0.464 e. The lowest BCUT2D eigenvalue weighted by molar-refractivity contribution is 0.0517. The van der Waals surface area contributed by atoms with Crippen molar-refractivity contribution in [2.45, 2.75) is 39.3 Å². The molecule has 1 aliphatic rings. The summed E-state index contributed by atoms with van der Waals surface area (Å²) >= 11 is 0. The number of aliphatic hydroxyl groups is 1. The standard InChI is InChI=1S/C28H38N4O3/c1-28(2,3)24(20-33)25-19-31(18-16-30-25)26(22-10-5-4-6-11-22)23-14-12-21(13-15-23)9-7-8-17-32(29)27(34)35/h4-6,10-15,24-26,30,33H,8,16-20,29H2,1-3H3,(H,34,35). The van der Waals surface area contributed by atoms with Crippen LogP contribution >= 0.6 is 0 Å². The van der Waals surface area contributed by atoms with E-state index >= 15 is 0 Å². The van der Waals surface area contributed by atoms with Crippen LogP contribution in [0.25, 0.3) is 0 Å². The number of nitrogens with zero attached hydrogens (tertiary/aromatic N) is 2. The van der Waals surface area contributed by atoms with Crippen molar-refractivity contribution in [3.8, 4) is 11.8 Å². The zero-order valence-corrected chi connectivity index (χ0v) is 20.9. The van der Waals surface area contributed by atoms with Crippen LogP contribution < -0.4 is 11.2 Å². The predicted octanol–water partition coefficient (Wildman–Crippen LogP) is 3.30. The molecule has 3 atom stereocenters. The molecule has 35 heavy (non-hydrogen) atoms. The van der Waals surface area contributed by atoms with Crippen molar-refractivity contribution in [2.24, 2.45) is 17.2 Å². The van der Waals surface area contributed by atoms with E-state index in [9.17, 15) is 9.90 Å². The van der Waals surface area contributed by atoms with Crippen LogP contribution in [0.4, 0.5) is 4.79 Å². The van der Waals surface area contributed by atoms with E-state index < -0.39 is 6.09 Å². The number of hydrogen-bond acceptors (Lipinski definition) is 5. The van der Waals surface area contributed by atoms with Crippen LogP contribution in [0.5, 0.6) is 0 Å². The molecule has 2 aromatic carbocycles. The number of benzene rings is 2. The summed E-state index contributed by atoms with van der Waals surface area (Å²) in [6, 6.07) is 19.1. The Morgan fingerprint density at radius 1 is 1.17 bits per heavy atom. The number of rotatable bonds is 7. The summed E-state index contributed by atoms with van der Waals surface area (Å²) in [4.78, 5) is 13.3. The summed E-state index contributed by atoms with van der Waals surface area (Å²) in [5.41, 5.74) is 3.31. The molecule has 0 saturated carbocycles. The lowest BCUT2D eigenvalue weighted by Gasteiger charge is -2.45. The Bertz CT molecular complexity index is 1010. The van der Waals surface area contributed by atoms with E-state index in [-0.39, 0.29) is 36.6 Å². The van der Waals surface area contributed by atoms with Gasteiger partial charge in [-0.2, -0.15) is 0 Å². The molecular weight excluding hydrogens is 440 g/mol. The van der Waals surface area contributed by atoms with Crippen LogP contribution in [0.3, 0.4) is 0 Å². The van der Waals surface area contributed by atoms with Crippen LogP contribution in [0.15, 0.2) is 54.6 Å². The van der Waals surface area contributed by atoms with Gasteiger partial charge in [0, 0.05) is 50.2 Å². The van der Waals surface area contributed by atoms with E-state index in [4.69, 9.17) is 10.9 Å². The van der Waals surface area contributed by atoms with Gasteiger partial charge in [0.2, 0.25) is 0 Å². The van der Waals surface area contributed by atoms with Gasteiger partial charge in [0.25, 0.3) is 0 Å². The SMILES string of the molecule is CC(C)(C)C(CO)C1CN(C(c2ccccc2)c2ccc(C#CCCN(N)C(=O)O)cc2)CCN1. The van der Waals surface area contributed by atoms with Crippen molar-refractivity contribution >= 4 is 6.09 Å². The fraction of sp³-hybridized carbons (Fsp3) is 0.464. The number of amides is 1. The minimum Gasteiger partial charge on any atom is -0.464 e. The molecule has 1 amide bonds. The second-order valence-corrected chi connectivity index (χ2v) is 10.2. The van der Waals surface area contributed by atoms with Crippen LogP contribution in [-0.4, -0.2) is 65.0 Å². The van der Waals surface area contributed by atoms with E-state index in [1.807, 2.05) is 18.2 Å². The van der Waals surface area contributed by atoms with Gasteiger partial charge in [-0.15, -0.1) is 0 Å². The van der Waals surface area contributed by atoms with Crippen molar-refractivity contribution in [3.63, 3.8) is 0 Å². The normalized spacial score (nSPS) is 18.3. The van der Waals surface area contributed by atoms with Crippen molar-refractivity contribution in [1.29, 1.82) is 0 Å². The Kier molecular flexibility index (Phi) is 9.30. The van der Waals surface area contributed by atoms with Gasteiger partial charge < -0.3 is 15.5 Å². The van der Waals surface area contributed by atoms with Crippen LogP contribution in [0, 0.1) is 23.2 Å². The summed E-state index contributed by atoms with van der Waals surface area (Å²) in [6.45, 7) is 9.54. The summed E-state index contributed by atoms with van der Waals surface area (Å²) in [6.07, 6.45) is -0.787. The molecule has 0 spiro atoms. The number of nitrogens with two attached hydrogens (primary N) is 1. The second-order valence-electron chi connectivity index (χ2n) is 10.2. The van der Waals surface area contributed by atoms with Crippen molar-refractivity contribution in [3.05, 3.63) is 71.3 Å². The van der Waals surface area contributed by atoms with E-state index in [0.29, 0.717) is 6.42 Å². The number of hydrogen-bond donors (Lipinski definition) is 4. The van der Waals surface area contributed by atoms with Crippen molar-refractivity contribution < 1.29 is 15.0 Å². The number of carboxylic acid groups (broad SMARTS) is 1. The molecule has 1 aliphatic heterocycles. The molecule has 3 unspecified atom stereocenters. The van der Waals surface area contributed by atoms with Crippen LogP contribution in [0.2, 0.25) is 0 Å². The molecular formula is C28H38N4O3. The summed E-state index contributed by atoms with van der Waals surface area (Å²) in [5, 5.41) is 23.3. The highest BCUT2D eigenvalue weighted by molar-refractivity contribution is 5.64. The minimum atomic E-state index is -1.16. The molecule has 0 bridgehead atoms. The fourth-order valence-electron chi connectivity index (χ4n) is 4.75. The second kappa shape index (κ2) is 12.2. The summed E-state index contributed by atoms with van der Waals surface area (Å²) in [7, 11) is 0. The molecule has 7 nitrogen and oxygen atoms in total. The molecule has 0 aromatic heterocycles. The van der Waals surface area contributed by atoms with Crippen molar-refractivity contribution in [2.75, 3.05) is 32.8 Å². The zero-order chi connectivity index (χ0) is 25.4. The maximum atomic E-state index is 10.8. The van der Waals surface area contributed by atoms with Gasteiger partial charge in [0.15, 0.2) is 0 Å². The first-order valence-electron chi connectivity index (χ1n) is 12.2. The maximum absolute atomic E-state index is 10.8. The highest BCUT2D eigenvalue weighted by Crippen LogP contribution is 2.34. The topological polar surface area (TPSA) is 102 Å². The Hall–Kier alpha value is -2.89. The van der Waals surface area contributed by atoms with Gasteiger partial charge >= 0.3 is 6.09 Å². The predicted molar refractivity (Wildman–Crippen MR) is 139 cm³/mol. The van der Waals surface area contributed by atoms with E-state index in [1.54, 1.807) is 0 Å². The maximum Gasteiger partial charge on any atom is 0.421 e. The molecule has 2 aromatic rings. The Morgan fingerprint density at radius 2 is 1.83 bits per heavy atom. The van der Waals surface area contributed by atoms with E-state index in [0.717, 1.165) is 30.2 Å². The van der Waals surface area contributed by atoms with Crippen LogP contribution in [0.1, 0.15) is 49.9 Å². The van der Waals surface area contributed by atoms with Gasteiger partial charge in [-0.3, -0.25) is 4.90 Å². The third-order valence-corrected chi connectivity index (χ3v) is 6.69. The first-order chi connectivity index (χ1) is 16.7. The molecule has 1 fully saturated rings. The van der Waals surface area contributed by atoms with Crippen molar-refractivity contribution in [1.82, 2.24) is 15.2 Å². The number of nitrogens with one attached hydrogen (secondary N) is 1. The van der Waals surface area contributed by atoms with Gasteiger partial charge in [0.05, 0.1) is 12.6 Å². The summed E-state index contributed by atoms with van der Waals surface area (Å²) in [5.74, 6) is 11.6. The van der Waals surface area contributed by atoms with E-state index in [2.05, 4.69) is 79.2 Å².